The van der Waals surface area contributed by atoms with Gasteiger partial charge in [0.25, 0.3) is 0 Å². The van der Waals surface area contributed by atoms with E-state index in [-0.39, 0.29) is 0 Å². The molecule has 0 unspecified atom stereocenters. The molecule has 0 fully saturated rings. The first kappa shape index (κ1) is 16.0. The van der Waals surface area contributed by atoms with Gasteiger partial charge in [-0.25, -0.2) is 0 Å². The molecule has 0 saturated carbocycles. The van der Waals surface area contributed by atoms with Crippen LogP contribution in [0.25, 0.3) is 10.8 Å². The molecule has 0 radical (unpaired) electrons. The number of primary amides is 2. The van der Waals surface area contributed by atoms with Crippen molar-refractivity contribution in [3.05, 3.63) is 48.0 Å². The molecule has 2 rings (SSSR count). The Morgan fingerprint density at radius 2 is 1.55 bits per heavy atom. The van der Waals surface area contributed by atoms with E-state index in [9.17, 15) is 14.7 Å². The van der Waals surface area contributed by atoms with Crippen LogP contribution in [0.2, 0.25) is 0 Å². The Balaban J connectivity index is 2.61. The largest absolute Gasteiger partial charge is 0.390 e. The molecule has 0 aliphatic carbocycles. The van der Waals surface area contributed by atoms with E-state index >= 15 is 0 Å². The molecule has 1 atom stereocenters. The van der Waals surface area contributed by atoms with Crippen LogP contribution in [0.3, 0.4) is 0 Å². The third-order valence-electron chi connectivity index (χ3n) is 3.84. The molecule has 5 nitrogen and oxygen atoms in total. The van der Waals surface area contributed by atoms with E-state index in [0.29, 0.717) is 5.56 Å². The maximum Gasteiger partial charge on any atom is 0.230 e. The van der Waals surface area contributed by atoms with Gasteiger partial charge in [-0.05, 0) is 30.2 Å². The number of hydrogen-bond acceptors (Lipinski definition) is 3. The van der Waals surface area contributed by atoms with Gasteiger partial charge in [0.05, 0.1) is 5.60 Å². The van der Waals surface area contributed by atoms with Crippen LogP contribution in [0, 0.1) is 5.92 Å². The fraction of sp³-hybridized carbons (Fsp3) is 0.294. The summed E-state index contributed by atoms with van der Waals surface area (Å²) in [4.78, 5) is 23.4. The summed E-state index contributed by atoms with van der Waals surface area (Å²) in [7, 11) is 0. The average molecular weight is 300 g/mol. The standard InChI is InChI=1S/C17H20N2O3/c1-17(2,22)14(13(15(18)20)16(19)21)12-8-7-10-5-3-4-6-11(10)9-12/h3-9,13-14,22H,1-2H3,(H2,18,20)(H2,19,21)/t14-/m0/s1. The Morgan fingerprint density at radius 1 is 1.00 bits per heavy atom. The molecule has 22 heavy (non-hydrogen) atoms. The Morgan fingerprint density at radius 3 is 2.05 bits per heavy atom. The second-order valence-corrected chi connectivity index (χ2v) is 6.02. The summed E-state index contributed by atoms with van der Waals surface area (Å²) in [5, 5.41) is 12.4. The van der Waals surface area contributed by atoms with Gasteiger partial charge in [-0.1, -0.05) is 42.5 Å². The predicted molar refractivity (Wildman–Crippen MR) is 84.9 cm³/mol. The summed E-state index contributed by atoms with van der Waals surface area (Å²) in [6.45, 7) is 3.07. The molecule has 0 saturated heterocycles. The first-order valence-electron chi connectivity index (χ1n) is 7.01. The maximum absolute atomic E-state index is 11.7. The van der Waals surface area contributed by atoms with E-state index in [1.807, 2.05) is 36.4 Å². The fourth-order valence-corrected chi connectivity index (χ4v) is 2.88. The van der Waals surface area contributed by atoms with Crippen LogP contribution in [-0.2, 0) is 9.59 Å². The third-order valence-corrected chi connectivity index (χ3v) is 3.84. The second-order valence-electron chi connectivity index (χ2n) is 6.02. The number of benzene rings is 2. The van der Waals surface area contributed by atoms with Crippen molar-refractivity contribution < 1.29 is 14.7 Å². The molecule has 5 N–H and O–H groups in total. The maximum atomic E-state index is 11.7. The van der Waals surface area contributed by atoms with Crippen molar-refractivity contribution >= 4 is 22.6 Å². The molecule has 0 aliphatic rings. The first-order valence-corrected chi connectivity index (χ1v) is 7.01. The fourth-order valence-electron chi connectivity index (χ4n) is 2.88. The highest BCUT2D eigenvalue weighted by atomic mass is 16.3. The van der Waals surface area contributed by atoms with Crippen LogP contribution < -0.4 is 11.5 Å². The lowest BCUT2D eigenvalue weighted by Gasteiger charge is -2.33. The number of hydrogen-bond donors (Lipinski definition) is 3. The van der Waals surface area contributed by atoms with Crippen LogP contribution in [0.15, 0.2) is 42.5 Å². The Labute approximate surface area is 128 Å². The van der Waals surface area contributed by atoms with Crippen LogP contribution in [0.4, 0.5) is 0 Å². The number of fused-ring (bicyclic) bond motifs is 1. The quantitative estimate of drug-likeness (QED) is 0.724. The summed E-state index contributed by atoms with van der Waals surface area (Å²) in [5.41, 5.74) is 9.98. The smallest absolute Gasteiger partial charge is 0.230 e. The van der Waals surface area contributed by atoms with Gasteiger partial charge in [-0.15, -0.1) is 0 Å². The molecule has 5 heteroatoms. The zero-order valence-corrected chi connectivity index (χ0v) is 12.6. The van der Waals surface area contributed by atoms with Gasteiger partial charge in [0, 0.05) is 5.92 Å². The minimum Gasteiger partial charge on any atom is -0.390 e. The van der Waals surface area contributed by atoms with Gasteiger partial charge < -0.3 is 16.6 Å². The lowest BCUT2D eigenvalue weighted by atomic mass is 9.74. The van der Waals surface area contributed by atoms with Crippen molar-refractivity contribution in [2.24, 2.45) is 17.4 Å². The summed E-state index contributed by atoms with van der Waals surface area (Å²) < 4.78 is 0. The second kappa shape index (κ2) is 5.77. The van der Waals surface area contributed by atoms with E-state index in [1.54, 1.807) is 6.07 Å². The van der Waals surface area contributed by atoms with Crippen molar-refractivity contribution in [1.82, 2.24) is 0 Å². The number of carbonyl (C=O) groups excluding carboxylic acids is 2. The number of amides is 2. The van der Waals surface area contributed by atoms with E-state index in [1.165, 1.54) is 13.8 Å². The lowest BCUT2D eigenvalue weighted by molar-refractivity contribution is -0.135. The van der Waals surface area contributed by atoms with E-state index in [2.05, 4.69) is 0 Å². The van der Waals surface area contributed by atoms with E-state index in [4.69, 9.17) is 11.5 Å². The van der Waals surface area contributed by atoms with E-state index in [0.717, 1.165) is 10.8 Å². The molecular weight excluding hydrogens is 280 g/mol. The minimum absolute atomic E-state index is 0.647. The zero-order chi connectivity index (χ0) is 16.5. The lowest BCUT2D eigenvalue weighted by Crippen LogP contribution is -2.46. The van der Waals surface area contributed by atoms with Crippen LogP contribution >= 0.6 is 0 Å². The Bertz CT molecular complexity index is 705. The van der Waals surface area contributed by atoms with Crippen molar-refractivity contribution in [3.8, 4) is 0 Å². The SMILES string of the molecule is CC(C)(O)[C@@H](c1ccc2ccccc2c1)C(C(N)=O)C(N)=O. The summed E-state index contributed by atoms with van der Waals surface area (Å²) in [6.07, 6.45) is 0. The molecule has 0 aliphatic heterocycles. The van der Waals surface area contributed by atoms with Crippen molar-refractivity contribution in [2.75, 3.05) is 0 Å². The number of nitrogens with two attached hydrogens (primary N) is 2. The molecule has 0 bridgehead atoms. The highest BCUT2D eigenvalue weighted by molar-refractivity contribution is 6.00. The Hall–Kier alpha value is -2.40. The number of carbonyl (C=O) groups is 2. The molecule has 0 aromatic heterocycles. The van der Waals surface area contributed by atoms with Gasteiger partial charge in [-0.2, -0.15) is 0 Å². The highest BCUT2D eigenvalue weighted by Gasteiger charge is 2.41. The number of aliphatic hydroxyl groups is 1. The highest BCUT2D eigenvalue weighted by Crippen LogP contribution is 2.36. The summed E-state index contributed by atoms with van der Waals surface area (Å²) in [6, 6.07) is 13.2. The van der Waals surface area contributed by atoms with Gasteiger partial charge in [-0.3, -0.25) is 9.59 Å². The Kier molecular flexibility index (Phi) is 4.19. The topological polar surface area (TPSA) is 106 Å². The van der Waals surface area contributed by atoms with Crippen molar-refractivity contribution in [2.45, 2.75) is 25.4 Å². The number of rotatable bonds is 5. The van der Waals surface area contributed by atoms with Crippen LogP contribution in [0.1, 0.15) is 25.3 Å². The van der Waals surface area contributed by atoms with Gasteiger partial charge in [0.1, 0.15) is 5.92 Å². The van der Waals surface area contributed by atoms with Gasteiger partial charge >= 0.3 is 0 Å². The van der Waals surface area contributed by atoms with Gasteiger partial charge in [0.2, 0.25) is 11.8 Å². The van der Waals surface area contributed by atoms with Crippen molar-refractivity contribution in [3.63, 3.8) is 0 Å². The van der Waals surface area contributed by atoms with Crippen molar-refractivity contribution in [1.29, 1.82) is 0 Å². The minimum atomic E-state index is -1.34. The van der Waals surface area contributed by atoms with Gasteiger partial charge in [0.15, 0.2) is 0 Å². The van der Waals surface area contributed by atoms with Crippen LogP contribution in [0.5, 0.6) is 0 Å². The van der Waals surface area contributed by atoms with E-state index < -0.39 is 29.3 Å². The normalized spacial score (nSPS) is 13.3. The zero-order valence-electron chi connectivity index (χ0n) is 12.6. The summed E-state index contributed by atoms with van der Waals surface area (Å²) in [5.74, 6) is -3.77. The average Bonchev–Trinajstić information content (AvgIpc) is 2.42. The molecular formula is C17H20N2O3. The molecule has 0 heterocycles. The summed E-state index contributed by atoms with van der Waals surface area (Å²) >= 11 is 0. The third kappa shape index (κ3) is 3.09. The molecule has 2 aromatic rings. The predicted octanol–water partition coefficient (Wildman–Crippen LogP) is 1.28. The molecule has 116 valence electrons. The molecule has 0 spiro atoms. The van der Waals surface area contributed by atoms with Crippen LogP contribution in [-0.4, -0.2) is 22.5 Å². The monoisotopic (exact) mass is 300 g/mol. The first-order chi connectivity index (χ1) is 10.2. The molecule has 2 aromatic carbocycles. The molecule has 2 amide bonds.